The Balaban J connectivity index is 1.42. The number of hydrogen-bond acceptors (Lipinski definition) is 7. The molecule has 0 saturated heterocycles. The highest BCUT2D eigenvalue weighted by molar-refractivity contribution is 7.99. The van der Waals surface area contributed by atoms with Gasteiger partial charge in [-0.3, -0.25) is 9.59 Å². The van der Waals surface area contributed by atoms with Gasteiger partial charge in [0.05, 0.1) is 7.11 Å². The van der Waals surface area contributed by atoms with Gasteiger partial charge < -0.3 is 19.2 Å². The van der Waals surface area contributed by atoms with Gasteiger partial charge >= 0.3 is 5.97 Å². The van der Waals surface area contributed by atoms with Gasteiger partial charge in [0.25, 0.3) is 11.1 Å². The van der Waals surface area contributed by atoms with E-state index in [1.807, 2.05) is 42.5 Å². The highest BCUT2D eigenvalue weighted by Gasteiger charge is 2.18. The van der Waals surface area contributed by atoms with Crippen LogP contribution in [0.4, 0.5) is 0 Å². The second kappa shape index (κ2) is 9.27. The predicted octanol–water partition coefficient (Wildman–Crippen LogP) is 3.18. The number of oxazole rings is 1. The SMILES string of the molecule is COc1ccc(CNC(=O)[C@H](C)OC(=O)CSc2nc3ccccc3o2)cc1. The molecule has 3 aromatic rings. The number of fused-ring (bicyclic) bond motifs is 1. The van der Waals surface area contributed by atoms with Crippen molar-refractivity contribution in [3.05, 3.63) is 54.1 Å². The molecule has 0 aliphatic rings. The van der Waals surface area contributed by atoms with Crippen molar-refractivity contribution in [2.45, 2.75) is 24.8 Å². The molecule has 0 bridgehead atoms. The molecule has 7 nitrogen and oxygen atoms in total. The number of amides is 1. The van der Waals surface area contributed by atoms with Crippen LogP contribution in [0, 0.1) is 0 Å². The van der Waals surface area contributed by atoms with Crippen molar-refractivity contribution in [2.75, 3.05) is 12.9 Å². The van der Waals surface area contributed by atoms with Gasteiger partial charge in [-0.2, -0.15) is 0 Å². The molecule has 8 heteroatoms. The van der Waals surface area contributed by atoms with Gasteiger partial charge in [0.15, 0.2) is 11.7 Å². The summed E-state index contributed by atoms with van der Waals surface area (Å²) in [5.74, 6) is -0.132. The van der Waals surface area contributed by atoms with Gasteiger partial charge in [-0.15, -0.1) is 0 Å². The molecule has 0 fully saturated rings. The molecular formula is C20H20N2O5S. The summed E-state index contributed by atoms with van der Waals surface area (Å²) in [7, 11) is 1.59. The fraction of sp³-hybridized carbons (Fsp3) is 0.250. The van der Waals surface area contributed by atoms with Crippen LogP contribution in [-0.4, -0.2) is 35.8 Å². The molecule has 0 spiro atoms. The summed E-state index contributed by atoms with van der Waals surface area (Å²) in [5.41, 5.74) is 2.30. The Bertz CT molecular complexity index is 922. The number of benzene rings is 2. The summed E-state index contributed by atoms with van der Waals surface area (Å²) in [4.78, 5) is 28.4. The van der Waals surface area contributed by atoms with E-state index in [-0.39, 0.29) is 11.7 Å². The van der Waals surface area contributed by atoms with E-state index in [1.165, 1.54) is 6.92 Å². The normalized spacial score (nSPS) is 11.8. The van der Waals surface area contributed by atoms with Crippen LogP contribution in [0.5, 0.6) is 5.75 Å². The molecule has 0 saturated carbocycles. The number of thioether (sulfide) groups is 1. The first-order valence-electron chi connectivity index (χ1n) is 8.63. The van der Waals surface area contributed by atoms with Gasteiger partial charge in [0, 0.05) is 6.54 Å². The number of esters is 1. The molecule has 1 atom stereocenters. The lowest BCUT2D eigenvalue weighted by molar-refractivity contribution is -0.152. The third-order valence-electron chi connectivity index (χ3n) is 3.89. The minimum Gasteiger partial charge on any atom is -0.497 e. The second-order valence-corrected chi connectivity index (χ2v) is 6.86. The maximum Gasteiger partial charge on any atom is 0.317 e. The molecule has 146 valence electrons. The molecule has 0 radical (unpaired) electrons. The average Bonchev–Trinajstić information content (AvgIpc) is 3.14. The third-order valence-corrected chi connectivity index (χ3v) is 4.69. The predicted molar refractivity (Wildman–Crippen MR) is 105 cm³/mol. The Kier molecular flexibility index (Phi) is 6.54. The van der Waals surface area contributed by atoms with E-state index in [0.29, 0.717) is 17.4 Å². The summed E-state index contributed by atoms with van der Waals surface area (Å²) < 4.78 is 15.8. The lowest BCUT2D eigenvalue weighted by Crippen LogP contribution is -2.35. The maximum atomic E-state index is 12.1. The number of nitrogens with zero attached hydrogens (tertiary/aromatic N) is 1. The first kappa shape index (κ1) is 19.8. The van der Waals surface area contributed by atoms with Gasteiger partial charge in [-0.25, -0.2) is 4.98 Å². The standard InChI is InChI=1S/C20H20N2O5S/c1-13(19(24)21-11-14-7-9-15(25-2)10-8-14)26-18(23)12-28-20-22-16-5-3-4-6-17(16)27-20/h3-10,13H,11-12H2,1-2H3,(H,21,24)/t13-/m0/s1. The van der Waals surface area contributed by atoms with E-state index < -0.39 is 12.1 Å². The molecule has 0 aliphatic heterocycles. The Morgan fingerprint density at radius 2 is 1.93 bits per heavy atom. The largest absolute Gasteiger partial charge is 0.497 e. The second-order valence-electron chi connectivity index (χ2n) is 5.93. The summed E-state index contributed by atoms with van der Waals surface area (Å²) in [6.07, 6.45) is -0.894. The fourth-order valence-corrected chi connectivity index (χ4v) is 3.02. The summed E-state index contributed by atoms with van der Waals surface area (Å²) in [5, 5.41) is 3.12. The van der Waals surface area contributed by atoms with Gasteiger partial charge in [0.1, 0.15) is 17.0 Å². The van der Waals surface area contributed by atoms with Crippen molar-refractivity contribution in [1.82, 2.24) is 10.3 Å². The number of carbonyl (C=O) groups excluding carboxylic acids is 2. The van der Waals surface area contributed by atoms with Crippen LogP contribution < -0.4 is 10.1 Å². The minimum absolute atomic E-state index is 0.00290. The van der Waals surface area contributed by atoms with Crippen molar-refractivity contribution < 1.29 is 23.5 Å². The van der Waals surface area contributed by atoms with Crippen LogP contribution in [0.1, 0.15) is 12.5 Å². The van der Waals surface area contributed by atoms with Crippen molar-refractivity contribution in [3.8, 4) is 5.75 Å². The highest BCUT2D eigenvalue weighted by atomic mass is 32.2. The van der Waals surface area contributed by atoms with Gasteiger partial charge in [-0.05, 0) is 36.8 Å². The van der Waals surface area contributed by atoms with Crippen LogP contribution in [0.3, 0.4) is 0 Å². The zero-order valence-electron chi connectivity index (χ0n) is 15.5. The number of aromatic nitrogens is 1. The van der Waals surface area contributed by atoms with E-state index in [0.717, 1.165) is 28.6 Å². The minimum atomic E-state index is -0.894. The highest BCUT2D eigenvalue weighted by Crippen LogP contribution is 2.23. The molecule has 0 aliphatic carbocycles. The van der Waals surface area contributed by atoms with E-state index in [2.05, 4.69) is 10.3 Å². The number of rotatable bonds is 8. The molecule has 28 heavy (non-hydrogen) atoms. The van der Waals surface area contributed by atoms with Crippen molar-refractivity contribution >= 4 is 34.7 Å². The van der Waals surface area contributed by atoms with Crippen LogP contribution in [0.25, 0.3) is 11.1 Å². The Hall–Kier alpha value is -3.00. The van der Waals surface area contributed by atoms with Crippen molar-refractivity contribution in [3.63, 3.8) is 0 Å². The first-order chi connectivity index (χ1) is 13.5. The molecule has 1 heterocycles. The topological polar surface area (TPSA) is 90.7 Å². The Morgan fingerprint density at radius 1 is 1.18 bits per heavy atom. The Labute approximate surface area is 166 Å². The lowest BCUT2D eigenvalue weighted by Gasteiger charge is -2.13. The summed E-state index contributed by atoms with van der Waals surface area (Å²) in [6.45, 7) is 1.87. The summed E-state index contributed by atoms with van der Waals surface area (Å²) in [6, 6.07) is 14.7. The zero-order chi connectivity index (χ0) is 19.9. The smallest absolute Gasteiger partial charge is 0.317 e. The molecule has 1 N–H and O–H groups in total. The van der Waals surface area contributed by atoms with E-state index in [9.17, 15) is 9.59 Å². The number of para-hydroxylation sites is 2. The van der Waals surface area contributed by atoms with Crippen LogP contribution >= 0.6 is 11.8 Å². The quantitative estimate of drug-likeness (QED) is 0.459. The monoisotopic (exact) mass is 400 g/mol. The number of methoxy groups -OCH3 is 1. The lowest BCUT2D eigenvalue weighted by atomic mass is 10.2. The van der Waals surface area contributed by atoms with Crippen molar-refractivity contribution in [1.29, 1.82) is 0 Å². The van der Waals surface area contributed by atoms with Crippen LogP contribution in [0.2, 0.25) is 0 Å². The first-order valence-corrected chi connectivity index (χ1v) is 9.62. The fourth-order valence-electron chi connectivity index (χ4n) is 2.39. The zero-order valence-corrected chi connectivity index (χ0v) is 16.3. The number of hydrogen-bond donors (Lipinski definition) is 1. The van der Waals surface area contributed by atoms with E-state index >= 15 is 0 Å². The van der Waals surface area contributed by atoms with Crippen LogP contribution in [0.15, 0.2) is 58.2 Å². The molecule has 0 unspecified atom stereocenters. The number of ether oxygens (including phenoxy) is 2. The number of carbonyl (C=O) groups is 2. The molecule has 1 aromatic heterocycles. The molecular weight excluding hydrogens is 380 g/mol. The van der Waals surface area contributed by atoms with Crippen LogP contribution in [-0.2, 0) is 20.9 Å². The third kappa shape index (κ3) is 5.26. The Morgan fingerprint density at radius 3 is 2.64 bits per heavy atom. The van der Waals surface area contributed by atoms with E-state index in [4.69, 9.17) is 13.9 Å². The van der Waals surface area contributed by atoms with Gasteiger partial charge in [0.2, 0.25) is 0 Å². The van der Waals surface area contributed by atoms with E-state index in [1.54, 1.807) is 13.2 Å². The van der Waals surface area contributed by atoms with Gasteiger partial charge in [-0.1, -0.05) is 36.0 Å². The molecule has 1 amide bonds. The molecule has 3 rings (SSSR count). The molecule has 2 aromatic carbocycles. The maximum absolute atomic E-state index is 12.1. The van der Waals surface area contributed by atoms with Crippen molar-refractivity contribution in [2.24, 2.45) is 0 Å². The average molecular weight is 400 g/mol. The number of nitrogens with one attached hydrogen (secondary N) is 1. The summed E-state index contributed by atoms with van der Waals surface area (Å²) >= 11 is 1.13.